The summed E-state index contributed by atoms with van der Waals surface area (Å²) in [4.78, 5) is 112. The Labute approximate surface area is 785 Å². The minimum atomic E-state index is -3.81. The maximum Gasteiger partial charge on any atom is 0.349 e. The molecule has 0 spiro atoms. The normalized spacial score (nSPS) is 16.8. The molecule has 0 aromatic heterocycles. The molecule has 5 aliphatic heterocycles. The Morgan fingerprint density at radius 1 is 0.465 bits per heavy atom. The zero-order valence-electron chi connectivity index (χ0n) is 73.2. The van der Waals surface area contributed by atoms with Crippen LogP contribution in [0.3, 0.4) is 0 Å². The fourth-order valence-corrected chi connectivity index (χ4v) is 19.5. The van der Waals surface area contributed by atoms with Crippen molar-refractivity contribution in [1.82, 2.24) is 39.6 Å². The second-order valence-electron chi connectivity index (χ2n) is 31.7. The summed E-state index contributed by atoms with van der Waals surface area (Å²) in [6, 6.07) is 31.9. The van der Waals surface area contributed by atoms with Gasteiger partial charge in [-0.25, -0.2) is 44.3 Å². The van der Waals surface area contributed by atoms with Crippen molar-refractivity contribution in [2.75, 3.05) is 159 Å². The Hall–Kier alpha value is -7.28. The molecule has 2 fully saturated rings. The minimum absolute atomic E-state index is 0. The van der Waals surface area contributed by atoms with Crippen LogP contribution in [0.1, 0.15) is 149 Å². The van der Waals surface area contributed by atoms with Gasteiger partial charge in [-0.1, -0.05) is 113 Å². The van der Waals surface area contributed by atoms with E-state index in [9.17, 15) is 68.0 Å². The number of fused-ring (bicyclic) bond motifs is 3. The highest BCUT2D eigenvalue weighted by atomic mass is 35.5. The molecule has 129 heavy (non-hydrogen) atoms. The van der Waals surface area contributed by atoms with E-state index in [0.717, 1.165) is 77.0 Å². The first kappa shape index (κ1) is 107. The van der Waals surface area contributed by atoms with Crippen molar-refractivity contribution in [2.45, 2.75) is 132 Å². The van der Waals surface area contributed by atoms with Crippen LogP contribution < -0.4 is 20.5 Å². The monoisotopic (exact) mass is 1970 g/mol. The van der Waals surface area contributed by atoms with E-state index in [1.54, 1.807) is 86.6 Å². The fourth-order valence-electron chi connectivity index (χ4n) is 14.3. The number of nitrogens with one attached hydrogen (secondary N) is 3. The molecule has 0 bridgehead atoms. The lowest BCUT2D eigenvalue weighted by Crippen LogP contribution is -2.45. The van der Waals surface area contributed by atoms with E-state index >= 15 is 0 Å². The van der Waals surface area contributed by atoms with E-state index in [1.807, 2.05) is 57.5 Å². The predicted molar refractivity (Wildman–Crippen MR) is 487 cm³/mol. The van der Waals surface area contributed by atoms with E-state index < -0.39 is 89.3 Å². The maximum atomic E-state index is 13.3. The number of ketones is 1. The van der Waals surface area contributed by atoms with Gasteiger partial charge in [-0.15, -0.1) is 10.1 Å². The number of halogens is 7. The third kappa shape index (κ3) is 31.1. The van der Waals surface area contributed by atoms with Gasteiger partial charge in [0.1, 0.15) is 11.2 Å². The molecule has 5 N–H and O–H groups in total. The van der Waals surface area contributed by atoms with E-state index in [-0.39, 0.29) is 163 Å². The highest BCUT2D eigenvalue weighted by Crippen LogP contribution is 2.43. The van der Waals surface area contributed by atoms with Gasteiger partial charge in [-0.2, -0.15) is 0 Å². The Morgan fingerprint density at radius 3 is 1.16 bits per heavy atom. The first-order valence-electron chi connectivity index (χ1n) is 41.9. The molecule has 6 aromatic carbocycles. The van der Waals surface area contributed by atoms with Crippen LogP contribution in [0.25, 0.3) is 0 Å². The highest BCUT2D eigenvalue weighted by molar-refractivity contribution is 7.91. The number of alkyl halides is 1. The number of nitrogens with two attached hydrogens (primary N) is 1. The summed E-state index contributed by atoms with van der Waals surface area (Å²) < 4.78 is 132. The topological polar surface area (TPSA) is 391 Å². The highest BCUT2D eigenvalue weighted by Gasteiger charge is 2.47. The van der Waals surface area contributed by atoms with Crippen molar-refractivity contribution in [1.29, 1.82) is 0 Å². The largest absolute Gasteiger partial charge is 0.379 e. The Kier molecular flexibility index (Phi) is 42.5. The van der Waals surface area contributed by atoms with Gasteiger partial charge in [0.15, 0.2) is 15.3 Å². The van der Waals surface area contributed by atoms with E-state index in [2.05, 4.69) is 39.1 Å². The maximum absolute atomic E-state index is 13.3. The molecule has 710 valence electrons. The number of likely N-dealkylation sites (N-methyl/N-ethyl adjacent to an activating group) is 3. The molecule has 6 aromatic rings. The molecule has 3 unspecified atom stereocenters. The average molecular weight is 1980 g/mol. The molecule has 0 radical (unpaired) electrons. The lowest BCUT2D eigenvalue weighted by Gasteiger charge is -2.33. The van der Waals surface area contributed by atoms with E-state index in [0.29, 0.717) is 106 Å². The molecule has 3 atom stereocenters. The van der Waals surface area contributed by atoms with E-state index in [4.69, 9.17) is 105 Å². The van der Waals surface area contributed by atoms with Gasteiger partial charge in [0.25, 0.3) is 23.6 Å². The Morgan fingerprint density at radius 2 is 0.791 bits per heavy atom. The number of sulfonamides is 2. The zero-order chi connectivity index (χ0) is 94.6. The van der Waals surface area contributed by atoms with E-state index in [1.165, 1.54) is 0 Å². The molecule has 0 saturated carbocycles. The predicted octanol–water partition coefficient (Wildman–Crippen LogP) is 11.4. The second kappa shape index (κ2) is 51.3. The molecule has 5 aliphatic rings. The zero-order valence-corrected chi connectivity index (χ0v) is 79.2. The number of rotatable bonds is 42. The molecule has 41 heteroatoms. The summed E-state index contributed by atoms with van der Waals surface area (Å²) in [6.45, 7) is 13.9. The summed E-state index contributed by atoms with van der Waals surface area (Å²) >= 11 is 38.4. The molecule has 31 nitrogen and oxygen atoms in total. The van der Waals surface area contributed by atoms with Gasteiger partial charge in [0.05, 0.1) is 95.0 Å². The van der Waals surface area contributed by atoms with Crippen LogP contribution >= 0.6 is 69.6 Å². The number of imide groups is 2. The van der Waals surface area contributed by atoms with Crippen LogP contribution in [0.15, 0.2) is 124 Å². The second-order valence-corrected chi connectivity index (χ2v) is 39.9. The van der Waals surface area contributed by atoms with Crippen molar-refractivity contribution >= 4 is 147 Å². The van der Waals surface area contributed by atoms with Crippen molar-refractivity contribution < 1.29 is 107 Å². The summed E-state index contributed by atoms with van der Waals surface area (Å²) in [7, 11) is -6.03. The van der Waals surface area contributed by atoms with Crippen molar-refractivity contribution in [3.8, 4) is 0 Å². The van der Waals surface area contributed by atoms with Crippen LogP contribution in [0, 0.1) is 10.8 Å². The number of ether oxygens (including phenoxy) is 6. The minimum Gasteiger partial charge on any atom is -0.379 e. The molecular formula is C88H114Cl6FN9O22S3. The SMILES string of the molecule is C.CC(C)(C(=O)ON1C(=O)CCC1=O)C(=O)ON1C(=O)CCC1=O.CN1Cc2c(Cl)cc(Cl)cc2C(c2cccc(S(=O)(=O)CCCOCCOCCNC(=O)C(C)(C)C(=O)CCCOCCOCCNS(=O)(=O)c3cccc(C4CN(C)Cc5c(Cl)cc(Cl)cc54)c3)c2)C1.CN1Cc2c(Cl)cc(Cl)cc2C(c2cccc(S(=O)(=O)NCCOCCOCCN)c2)C1.[2H]CF. The van der Waals surface area contributed by atoms with Gasteiger partial charge in [0, 0.05) is 159 Å². The lowest BCUT2D eigenvalue weighted by atomic mass is 9.84. The molecular weight excluding hydrogens is 1860 g/mol. The Balaban J connectivity index is 0.000000319. The fraction of sp³-hybridized carbons (Fsp3) is 0.500. The number of carbonyl (C=O) groups is 8. The van der Waals surface area contributed by atoms with Crippen molar-refractivity contribution in [3.63, 3.8) is 0 Å². The smallest absolute Gasteiger partial charge is 0.349 e. The molecule has 2 saturated heterocycles. The summed E-state index contributed by atoms with van der Waals surface area (Å²) in [6.07, 6.45) is 0.515. The van der Waals surface area contributed by atoms with Gasteiger partial charge >= 0.3 is 11.9 Å². The third-order valence-electron chi connectivity index (χ3n) is 21.3. The van der Waals surface area contributed by atoms with Crippen LogP contribution in [0.5, 0.6) is 0 Å². The standard InChI is InChI=1S/C51H64Cl4N4O10S2.C22H29Cl2N3O4S.C13H14N2O8.CH3F.CH4/c1-51(2,49(60)13-7-16-66-20-23-69-19-15-57-71(64,65)40-12-6-10-36(26-40)44-32-59(4)34-46-42(44)28-38(53)30-48(46)55)50(61)56-14-18-68-22-21-67-17-8-24-70(62,63)39-11-5-9-35(25-39)43-31-58(3)33-45-41(43)27-37(52)29-47(45)54;1-27-14-20(19-12-17(23)13-22(24)21(19)15-27)16-3-2-4-18(11-16)32(28,29)26-6-8-31-10-9-30-7-5-25;1-13(2,11(20)22-14-7(16)3-4-8(14)17)12(21)23-15-9(18)5-6-10(15)19;1-2;/h5-6,9-12,25-30,43-44,57H,7-8,13-24,31-34H2,1-4H3,(H,56,61);2-4,11-13,20,26H,5-10,14-15,25H2,1H3;3-6H2,1-2H3;1H3;1H4/i;;;1D;. The van der Waals surface area contributed by atoms with Crippen LogP contribution in [-0.2, 0) is 126 Å². The number of nitrogens with zero attached hydrogens (tertiary/aromatic N) is 5. The molecule has 0 aliphatic carbocycles. The number of hydrogen-bond donors (Lipinski definition) is 4. The molecule has 5 heterocycles. The Bertz CT molecular complexity index is 5020. The first-order chi connectivity index (χ1) is 61.1. The number of sulfone groups is 1. The van der Waals surface area contributed by atoms with Gasteiger partial charge in [-0.05, 0) is 185 Å². The molecule has 5 amide bonds. The third-order valence-corrected chi connectivity index (χ3v) is 27.6. The number of hydroxylamine groups is 4. The van der Waals surface area contributed by atoms with Crippen molar-refractivity contribution in [2.24, 2.45) is 16.6 Å². The summed E-state index contributed by atoms with van der Waals surface area (Å²) in [5.41, 5.74) is 10.8. The quantitative estimate of drug-likeness (QED) is 0.0157. The number of amides is 5. The number of benzene rings is 6. The van der Waals surface area contributed by atoms with Gasteiger partial charge in [-0.3, -0.25) is 33.2 Å². The van der Waals surface area contributed by atoms with Crippen LogP contribution in [0.2, 0.25) is 30.1 Å². The van der Waals surface area contributed by atoms with Gasteiger partial charge < -0.3 is 63.8 Å². The van der Waals surface area contributed by atoms with Crippen LogP contribution in [-0.4, -0.2) is 256 Å². The number of Topliss-reactive ketones (excluding diaryl/α,β-unsaturated/α-hetero) is 1. The van der Waals surface area contributed by atoms with Gasteiger partial charge in [0.2, 0.25) is 26.0 Å². The lowest BCUT2D eigenvalue weighted by molar-refractivity contribution is -0.217. The first-order valence-corrected chi connectivity index (χ1v) is 48.0. The van der Waals surface area contributed by atoms with Crippen LogP contribution in [0.4, 0.5) is 4.39 Å². The number of hydrogen-bond acceptors (Lipinski definition) is 26. The average Bonchev–Trinajstić information content (AvgIpc) is 1.11. The molecule has 11 rings (SSSR count). The van der Waals surface area contributed by atoms with Crippen molar-refractivity contribution in [3.05, 3.63) is 189 Å². The summed E-state index contributed by atoms with van der Waals surface area (Å²) in [5, 5.41) is 6.82. The number of carbonyl (C=O) groups excluding carboxylic acids is 8. The summed E-state index contributed by atoms with van der Waals surface area (Å²) in [5.74, 6) is -6.14.